The molecule has 2 N–H and O–H groups in total. The van der Waals surface area contributed by atoms with Crippen molar-refractivity contribution in [2.75, 3.05) is 5.73 Å². The first kappa shape index (κ1) is 12.0. The highest BCUT2D eigenvalue weighted by molar-refractivity contribution is 6.37. The molecule has 1 aromatic carbocycles. The predicted octanol–water partition coefficient (Wildman–Crippen LogP) is 2.54. The molecule has 0 unspecified atom stereocenters. The molecule has 17 heavy (non-hydrogen) atoms. The van der Waals surface area contributed by atoms with Gasteiger partial charge in [0, 0.05) is 17.6 Å². The lowest BCUT2D eigenvalue weighted by Gasteiger charge is -2.03. The second-order valence-electron chi connectivity index (χ2n) is 3.52. The van der Waals surface area contributed by atoms with Gasteiger partial charge in [-0.25, -0.2) is 0 Å². The third-order valence-corrected chi connectivity index (χ3v) is 2.97. The van der Waals surface area contributed by atoms with Crippen LogP contribution in [0.4, 0.5) is 5.82 Å². The molecule has 0 atom stereocenters. The van der Waals surface area contributed by atoms with Crippen molar-refractivity contribution in [1.82, 2.24) is 9.78 Å². The first-order valence-electron chi connectivity index (χ1n) is 4.78. The van der Waals surface area contributed by atoms with Crippen LogP contribution in [0.5, 0.6) is 0 Å². The maximum absolute atomic E-state index is 12.2. The smallest absolute Gasteiger partial charge is 0.199 e. The first-order valence-corrected chi connectivity index (χ1v) is 5.53. The van der Waals surface area contributed by atoms with Crippen molar-refractivity contribution >= 4 is 34.8 Å². The summed E-state index contributed by atoms with van der Waals surface area (Å²) in [6.07, 6.45) is 1.41. The van der Waals surface area contributed by atoms with Gasteiger partial charge in [0.2, 0.25) is 0 Å². The lowest BCUT2D eigenvalue weighted by Crippen LogP contribution is -2.06. The average molecular weight is 270 g/mol. The maximum atomic E-state index is 12.2. The normalized spacial score (nSPS) is 10.5. The molecular formula is C11H9Cl2N3O. The van der Waals surface area contributed by atoms with Gasteiger partial charge in [0.15, 0.2) is 5.78 Å². The van der Waals surface area contributed by atoms with Gasteiger partial charge < -0.3 is 5.73 Å². The lowest BCUT2D eigenvalue weighted by molar-refractivity contribution is 0.103. The van der Waals surface area contributed by atoms with E-state index in [9.17, 15) is 4.79 Å². The highest BCUT2D eigenvalue weighted by Crippen LogP contribution is 2.24. The molecule has 0 saturated carbocycles. The molecule has 0 aliphatic carbocycles. The summed E-state index contributed by atoms with van der Waals surface area (Å²) in [4.78, 5) is 12.2. The summed E-state index contributed by atoms with van der Waals surface area (Å²) in [5.41, 5.74) is 6.37. The first-order chi connectivity index (χ1) is 8.00. The Morgan fingerprint density at radius 2 is 2.06 bits per heavy atom. The number of ketones is 1. The number of aromatic nitrogens is 2. The number of hydrogen-bond acceptors (Lipinski definition) is 3. The quantitative estimate of drug-likeness (QED) is 0.853. The van der Waals surface area contributed by atoms with Crippen LogP contribution in [0.1, 0.15) is 15.9 Å². The SMILES string of the molecule is Cn1ncc(C(=O)c2cc(Cl)ccc2Cl)c1N. The molecule has 1 heterocycles. The van der Waals surface area contributed by atoms with Gasteiger partial charge in [0.1, 0.15) is 5.82 Å². The summed E-state index contributed by atoms with van der Waals surface area (Å²) in [7, 11) is 1.66. The van der Waals surface area contributed by atoms with Crippen LogP contribution in [0.3, 0.4) is 0 Å². The summed E-state index contributed by atoms with van der Waals surface area (Å²) in [6.45, 7) is 0. The fraction of sp³-hybridized carbons (Fsp3) is 0.0909. The molecule has 0 aliphatic rings. The highest BCUT2D eigenvalue weighted by Gasteiger charge is 2.18. The number of halogens is 2. The van der Waals surface area contributed by atoms with E-state index >= 15 is 0 Å². The van der Waals surface area contributed by atoms with Crippen LogP contribution in [0.25, 0.3) is 0 Å². The molecule has 0 bridgehead atoms. The van der Waals surface area contributed by atoms with Crippen LogP contribution in [0, 0.1) is 0 Å². The van der Waals surface area contributed by atoms with Crippen molar-refractivity contribution in [3.05, 3.63) is 45.6 Å². The molecule has 0 aliphatic heterocycles. The number of benzene rings is 1. The van der Waals surface area contributed by atoms with E-state index in [1.165, 1.54) is 16.9 Å². The summed E-state index contributed by atoms with van der Waals surface area (Å²) in [5, 5.41) is 4.69. The zero-order valence-corrected chi connectivity index (χ0v) is 10.5. The highest BCUT2D eigenvalue weighted by atomic mass is 35.5. The fourth-order valence-electron chi connectivity index (χ4n) is 1.44. The molecule has 0 amide bonds. The van der Waals surface area contributed by atoms with E-state index in [-0.39, 0.29) is 5.78 Å². The van der Waals surface area contributed by atoms with Crippen molar-refractivity contribution in [2.24, 2.45) is 7.05 Å². The number of rotatable bonds is 2. The van der Waals surface area contributed by atoms with Gasteiger partial charge in [-0.1, -0.05) is 23.2 Å². The van der Waals surface area contributed by atoms with Crippen LogP contribution in [-0.2, 0) is 7.05 Å². The summed E-state index contributed by atoms with van der Waals surface area (Å²) in [6, 6.07) is 4.70. The van der Waals surface area contributed by atoms with Crippen molar-refractivity contribution < 1.29 is 4.79 Å². The predicted molar refractivity (Wildman–Crippen MR) is 67.5 cm³/mol. The van der Waals surface area contributed by atoms with Crippen molar-refractivity contribution in [2.45, 2.75) is 0 Å². The largest absolute Gasteiger partial charge is 0.383 e. The number of hydrogen-bond donors (Lipinski definition) is 1. The molecule has 6 heteroatoms. The van der Waals surface area contributed by atoms with Gasteiger partial charge in [-0.3, -0.25) is 9.48 Å². The second kappa shape index (κ2) is 4.39. The molecule has 4 nitrogen and oxygen atoms in total. The zero-order valence-electron chi connectivity index (χ0n) is 8.95. The van der Waals surface area contributed by atoms with E-state index in [4.69, 9.17) is 28.9 Å². The minimum Gasteiger partial charge on any atom is -0.383 e. The second-order valence-corrected chi connectivity index (χ2v) is 4.36. The number of nitrogen functional groups attached to an aromatic ring is 1. The Bertz CT molecular complexity index is 592. The van der Waals surface area contributed by atoms with Crippen molar-refractivity contribution in [1.29, 1.82) is 0 Å². The van der Waals surface area contributed by atoms with Crippen LogP contribution in [0.15, 0.2) is 24.4 Å². The summed E-state index contributed by atoms with van der Waals surface area (Å²) >= 11 is 11.8. The van der Waals surface area contributed by atoms with Gasteiger partial charge in [-0.05, 0) is 18.2 Å². The Kier molecular flexibility index (Phi) is 3.09. The minimum atomic E-state index is -0.289. The van der Waals surface area contributed by atoms with E-state index in [2.05, 4.69) is 5.10 Å². The summed E-state index contributed by atoms with van der Waals surface area (Å²) in [5.74, 6) is 0.00846. The number of aryl methyl sites for hydroxylation is 1. The van der Waals surface area contributed by atoms with Crippen LogP contribution in [-0.4, -0.2) is 15.6 Å². The topological polar surface area (TPSA) is 60.9 Å². The van der Waals surface area contributed by atoms with Gasteiger partial charge >= 0.3 is 0 Å². The number of carbonyl (C=O) groups excluding carboxylic acids is 1. The van der Waals surface area contributed by atoms with Crippen LogP contribution in [0.2, 0.25) is 10.0 Å². The molecule has 2 aromatic rings. The molecule has 88 valence electrons. The maximum Gasteiger partial charge on any atom is 0.199 e. The van der Waals surface area contributed by atoms with Gasteiger partial charge in [0.25, 0.3) is 0 Å². The van der Waals surface area contributed by atoms with E-state index in [1.54, 1.807) is 19.2 Å². The monoisotopic (exact) mass is 269 g/mol. The number of anilines is 1. The number of nitrogens with two attached hydrogens (primary N) is 1. The minimum absolute atomic E-state index is 0.289. The molecule has 0 spiro atoms. The van der Waals surface area contributed by atoms with Gasteiger partial charge in [-0.15, -0.1) is 0 Å². The van der Waals surface area contributed by atoms with E-state index < -0.39 is 0 Å². The van der Waals surface area contributed by atoms with Crippen LogP contribution >= 0.6 is 23.2 Å². The third-order valence-electron chi connectivity index (χ3n) is 2.40. The number of carbonyl (C=O) groups is 1. The number of nitrogens with zero attached hydrogens (tertiary/aromatic N) is 2. The summed E-state index contributed by atoms with van der Waals surface area (Å²) < 4.78 is 1.42. The Labute approximate surface area is 108 Å². The Balaban J connectivity index is 2.51. The van der Waals surface area contributed by atoms with Crippen molar-refractivity contribution in [3.63, 3.8) is 0 Å². The van der Waals surface area contributed by atoms with Gasteiger partial charge in [-0.2, -0.15) is 5.10 Å². The Morgan fingerprint density at radius 3 is 2.65 bits per heavy atom. The third kappa shape index (κ3) is 2.14. The van der Waals surface area contributed by atoms with Crippen molar-refractivity contribution in [3.8, 4) is 0 Å². The molecule has 0 fully saturated rings. The average Bonchev–Trinajstić information content (AvgIpc) is 2.62. The van der Waals surface area contributed by atoms with Gasteiger partial charge in [0.05, 0.1) is 16.8 Å². The standard InChI is InChI=1S/C11H9Cl2N3O/c1-16-11(14)8(5-15-16)10(17)7-4-6(12)2-3-9(7)13/h2-5H,14H2,1H3. The molecule has 2 rings (SSSR count). The molecular weight excluding hydrogens is 261 g/mol. The fourth-order valence-corrected chi connectivity index (χ4v) is 1.81. The van der Waals surface area contributed by atoms with Crippen LogP contribution < -0.4 is 5.73 Å². The molecule has 0 saturated heterocycles. The Hall–Kier alpha value is -1.52. The molecule has 0 radical (unpaired) electrons. The van der Waals surface area contributed by atoms with E-state index in [1.807, 2.05) is 0 Å². The van der Waals surface area contributed by atoms with E-state index in [0.717, 1.165) is 0 Å². The molecule has 1 aromatic heterocycles. The van der Waals surface area contributed by atoms with E-state index in [0.29, 0.717) is 27.0 Å². The lowest BCUT2D eigenvalue weighted by atomic mass is 10.1. The zero-order chi connectivity index (χ0) is 12.6. The Morgan fingerprint density at radius 1 is 1.35 bits per heavy atom.